The zero-order chi connectivity index (χ0) is 30.2. The summed E-state index contributed by atoms with van der Waals surface area (Å²) < 4.78 is 6.09. The predicted octanol–water partition coefficient (Wildman–Crippen LogP) is 2.11. The van der Waals surface area contributed by atoms with Crippen molar-refractivity contribution in [1.82, 2.24) is 10.2 Å². The monoisotopic (exact) mass is 565 g/mol. The number of aliphatic hydroxyl groups is 3. The van der Waals surface area contributed by atoms with Gasteiger partial charge < -0.3 is 35.9 Å². The zero-order valence-electron chi connectivity index (χ0n) is 23.6. The van der Waals surface area contributed by atoms with Crippen molar-refractivity contribution in [1.29, 1.82) is 0 Å². The molecule has 0 saturated heterocycles. The number of fused-ring (bicyclic) bond motifs is 3. The van der Waals surface area contributed by atoms with Crippen LogP contribution in [0.15, 0.2) is 45.6 Å². The Hall–Kier alpha value is -3.93. The summed E-state index contributed by atoms with van der Waals surface area (Å²) in [6.45, 7) is 6.60. The molecule has 0 spiro atoms. The Morgan fingerprint density at radius 1 is 1.15 bits per heavy atom. The summed E-state index contributed by atoms with van der Waals surface area (Å²) in [6.07, 6.45) is 0.189. The molecule has 11 heteroatoms. The number of benzene rings is 1. The van der Waals surface area contributed by atoms with Crippen molar-refractivity contribution in [2.75, 3.05) is 14.1 Å². The molecule has 5 rings (SSSR count). The van der Waals surface area contributed by atoms with E-state index in [1.54, 1.807) is 26.2 Å². The summed E-state index contributed by atoms with van der Waals surface area (Å²) >= 11 is 0. The normalized spacial score (nSPS) is 26.3. The molecule has 218 valence electrons. The van der Waals surface area contributed by atoms with Gasteiger partial charge in [0.25, 0.3) is 5.91 Å². The van der Waals surface area contributed by atoms with Crippen molar-refractivity contribution in [3.63, 3.8) is 0 Å². The van der Waals surface area contributed by atoms with Crippen LogP contribution in [-0.4, -0.2) is 74.1 Å². The Balaban J connectivity index is 1.64. The number of carbonyl (C=O) groups is 3. The van der Waals surface area contributed by atoms with E-state index < -0.39 is 58.0 Å². The van der Waals surface area contributed by atoms with Crippen LogP contribution in [0.3, 0.4) is 0 Å². The number of nitrogens with one attached hydrogen (secondary N) is 1. The van der Waals surface area contributed by atoms with Crippen molar-refractivity contribution in [3.8, 4) is 17.1 Å². The van der Waals surface area contributed by atoms with Gasteiger partial charge in [0, 0.05) is 22.6 Å². The third-order valence-electron chi connectivity index (χ3n) is 8.32. The van der Waals surface area contributed by atoms with E-state index in [0.717, 1.165) is 0 Å². The van der Waals surface area contributed by atoms with Gasteiger partial charge in [0.2, 0.25) is 5.78 Å². The third kappa shape index (κ3) is 4.35. The molecular weight excluding hydrogens is 530 g/mol. The number of hydrogen-bond donors (Lipinski definition) is 6. The number of furan rings is 1. The molecule has 4 atom stereocenters. The molecule has 1 amide bonds. The molecule has 1 aromatic heterocycles. The van der Waals surface area contributed by atoms with Gasteiger partial charge in [-0.2, -0.15) is 0 Å². The predicted molar refractivity (Wildman–Crippen MR) is 149 cm³/mol. The summed E-state index contributed by atoms with van der Waals surface area (Å²) in [5.41, 5.74) is 2.70. The number of Topliss-reactive ketones (excluding diaryl/α,β-unsaturated/α-hetero) is 2. The first-order chi connectivity index (χ1) is 19.1. The first-order valence-corrected chi connectivity index (χ1v) is 13.4. The minimum absolute atomic E-state index is 0.0137. The van der Waals surface area contributed by atoms with E-state index in [-0.39, 0.29) is 35.3 Å². The first-order valence-electron chi connectivity index (χ1n) is 13.4. The zero-order valence-corrected chi connectivity index (χ0v) is 23.6. The minimum atomic E-state index is -2.67. The Morgan fingerprint density at radius 3 is 2.44 bits per heavy atom. The third-order valence-corrected chi connectivity index (χ3v) is 8.32. The van der Waals surface area contributed by atoms with Crippen molar-refractivity contribution in [2.45, 2.75) is 57.3 Å². The smallest absolute Gasteiger partial charge is 0.255 e. The van der Waals surface area contributed by atoms with Crippen LogP contribution in [0.2, 0.25) is 0 Å². The van der Waals surface area contributed by atoms with E-state index in [1.165, 1.54) is 11.0 Å². The number of aliphatic hydroxyl groups excluding tert-OH is 2. The lowest BCUT2D eigenvalue weighted by Crippen LogP contribution is -2.65. The summed E-state index contributed by atoms with van der Waals surface area (Å²) in [4.78, 5) is 40.8. The maximum atomic E-state index is 14.0. The second kappa shape index (κ2) is 9.57. The van der Waals surface area contributed by atoms with Gasteiger partial charge in [0.15, 0.2) is 11.4 Å². The van der Waals surface area contributed by atoms with Crippen LogP contribution in [0.5, 0.6) is 5.75 Å². The Labute approximate surface area is 236 Å². The van der Waals surface area contributed by atoms with Crippen molar-refractivity contribution in [3.05, 3.63) is 58.1 Å². The van der Waals surface area contributed by atoms with Crippen LogP contribution >= 0.6 is 0 Å². The van der Waals surface area contributed by atoms with Gasteiger partial charge in [-0.25, -0.2) is 0 Å². The Morgan fingerprint density at radius 2 is 1.83 bits per heavy atom. The van der Waals surface area contributed by atoms with Gasteiger partial charge in [0.05, 0.1) is 18.2 Å². The van der Waals surface area contributed by atoms with Crippen LogP contribution in [0.25, 0.3) is 17.1 Å². The molecule has 2 aromatic rings. The Bertz CT molecular complexity index is 1540. The number of phenols is 1. The van der Waals surface area contributed by atoms with Crippen LogP contribution in [0, 0.1) is 11.8 Å². The topological polar surface area (TPSA) is 187 Å². The lowest BCUT2D eigenvalue weighted by Gasteiger charge is -2.50. The van der Waals surface area contributed by atoms with Crippen LogP contribution < -0.4 is 11.1 Å². The number of phenolic OH excluding ortho intramolecular Hbond substituents is 1. The maximum Gasteiger partial charge on any atom is 0.255 e. The second-order valence-corrected chi connectivity index (χ2v) is 12.3. The number of ketones is 2. The standard InChI is InChI=1S/C30H35N3O8/c1-29(2,3)32-12-14-6-9-19(41-14)15-7-8-18(34)21-16(15)10-13-11-17-23(33(4)5)25(36)22(28(31)39)27(38)30(17,40)26(37)20(13)24(21)35/h6-9,13,17,23,32,34-35,38,40H,10-12H2,1-5H3,(H2,31,39)/t13-,17-,23?,30-/m1/s1. The number of nitrogens with two attached hydrogens (primary N) is 1. The van der Waals surface area contributed by atoms with Crippen molar-refractivity contribution >= 4 is 23.2 Å². The molecule has 1 saturated carbocycles. The molecule has 0 aliphatic heterocycles. The number of hydrogen-bond acceptors (Lipinski definition) is 10. The summed E-state index contributed by atoms with van der Waals surface area (Å²) in [5.74, 6) is -5.65. The number of likely N-dealkylation sites (N-methyl/N-ethyl adjacent to an activating group) is 1. The van der Waals surface area contributed by atoms with E-state index in [2.05, 4.69) is 5.32 Å². The molecule has 41 heavy (non-hydrogen) atoms. The largest absolute Gasteiger partial charge is 0.508 e. The molecule has 7 N–H and O–H groups in total. The highest BCUT2D eigenvalue weighted by Gasteiger charge is 2.64. The Kier molecular flexibility index (Phi) is 6.68. The van der Waals surface area contributed by atoms with Gasteiger partial charge in [0.1, 0.15) is 34.4 Å². The van der Waals surface area contributed by atoms with E-state index in [0.29, 0.717) is 29.2 Å². The van der Waals surface area contributed by atoms with Gasteiger partial charge in [-0.05, 0) is 83.5 Å². The van der Waals surface area contributed by atoms with Crippen molar-refractivity contribution < 1.29 is 39.2 Å². The van der Waals surface area contributed by atoms with Gasteiger partial charge in [-0.1, -0.05) is 0 Å². The number of primary amides is 1. The second-order valence-electron chi connectivity index (χ2n) is 12.3. The fourth-order valence-electron chi connectivity index (χ4n) is 6.44. The number of aromatic hydroxyl groups is 1. The average molecular weight is 566 g/mol. The highest BCUT2D eigenvalue weighted by atomic mass is 16.4. The molecule has 0 radical (unpaired) electrons. The van der Waals surface area contributed by atoms with E-state index in [1.807, 2.05) is 26.8 Å². The van der Waals surface area contributed by atoms with E-state index in [4.69, 9.17) is 10.2 Å². The van der Waals surface area contributed by atoms with Crippen molar-refractivity contribution in [2.24, 2.45) is 17.6 Å². The van der Waals surface area contributed by atoms with E-state index in [9.17, 15) is 34.8 Å². The van der Waals surface area contributed by atoms with Gasteiger partial charge in [-0.15, -0.1) is 0 Å². The molecule has 1 unspecified atom stereocenters. The number of amides is 1. The molecule has 3 aliphatic rings. The number of nitrogens with zero attached hydrogens (tertiary/aromatic N) is 1. The fourth-order valence-corrected chi connectivity index (χ4v) is 6.44. The van der Waals surface area contributed by atoms with Gasteiger partial charge in [-0.3, -0.25) is 19.3 Å². The van der Waals surface area contributed by atoms with Crippen LogP contribution in [0.1, 0.15) is 44.1 Å². The molecule has 1 aromatic carbocycles. The fraction of sp³-hybridized carbons (Fsp3) is 0.433. The molecule has 1 heterocycles. The quantitative estimate of drug-likeness (QED) is 0.293. The highest BCUT2D eigenvalue weighted by Crippen LogP contribution is 2.53. The van der Waals surface area contributed by atoms with Crippen LogP contribution in [0.4, 0.5) is 0 Å². The SMILES string of the molecule is CN(C)C1C(=O)C(C(N)=O)=C(O)[C@]2(O)C(=O)C3=C(O)c4c(O)ccc(-c5ccc(CNC(C)(C)C)o5)c4C[C@@H]3C[C@H]12. The molecule has 0 bridgehead atoms. The van der Waals surface area contributed by atoms with Crippen LogP contribution in [-0.2, 0) is 27.3 Å². The summed E-state index contributed by atoms with van der Waals surface area (Å²) in [6, 6.07) is 5.55. The lowest BCUT2D eigenvalue weighted by molar-refractivity contribution is -0.153. The number of carbonyl (C=O) groups excluding carboxylic acids is 3. The average Bonchev–Trinajstić information content (AvgIpc) is 3.33. The molecular formula is C30H35N3O8. The summed E-state index contributed by atoms with van der Waals surface area (Å²) in [5, 5.41) is 48.3. The van der Waals surface area contributed by atoms with E-state index >= 15 is 0 Å². The molecule has 3 aliphatic carbocycles. The lowest BCUT2D eigenvalue weighted by atomic mass is 9.57. The highest BCUT2D eigenvalue weighted by molar-refractivity contribution is 6.24. The number of rotatable bonds is 5. The first kappa shape index (κ1) is 28.6. The summed E-state index contributed by atoms with van der Waals surface area (Å²) in [7, 11) is 3.12. The molecule has 1 fully saturated rings. The maximum absolute atomic E-state index is 14.0. The van der Waals surface area contributed by atoms with Gasteiger partial charge >= 0.3 is 0 Å². The minimum Gasteiger partial charge on any atom is -0.508 e. The molecule has 11 nitrogen and oxygen atoms in total.